The molecule has 3 heteroatoms. The van der Waals surface area contributed by atoms with Gasteiger partial charge in [-0.3, -0.25) is 0 Å². The summed E-state index contributed by atoms with van der Waals surface area (Å²) in [6.45, 7) is 3.14. The SMILES string of the molecule is CCCC[n+]1c2c(c(C(=O)O)c3c1-c1ccccc1CC3)CCc1ccccc1-2. The van der Waals surface area contributed by atoms with Crippen LogP contribution in [0.3, 0.4) is 0 Å². The third-order valence-corrected chi connectivity index (χ3v) is 6.50. The van der Waals surface area contributed by atoms with Crippen LogP contribution in [-0.2, 0) is 32.2 Å². The fraction of sp³-hybridized carbons (Fsp3) is 0.308. The topological polar surface area (TPSA) is 41.2 Å². The maximum Gasteiger partial charge on any atom is 0.336 e. The molecule has 3 aromatic rings. The van der Waals surface area contributed by atoms with E-state index in [0.29, 0.717) is 5.56 Å². The minimum absolute atomic E-state index is 0.562. The van der Waals surface area contributed by atoms with Crippen molar-refractivity contribution >= 4 is 5.97 Å². The van der Waals surface area contributed by atoms with Gasteiger partial charge in [0.1, 0.15) is 6.54 Å². The molecular formula is C26H26NO2+. The molecule has 2 aliphatic carbocycles. The highest BCUT2D eigenvalue weighted by Crippen LogP contribution is 2.40. The van der Waals surface area contributed by atoms with E-state index in [1.807, 2.05) is 0 Å². The number of pyridine rings is 1. The van der Waals surface area contributed by atoms with E-state index in [9.17, 15) is 9.90 Å². The van der Waals surface area contributed by atoms with Crippen LogP contribution < -0.4 is 4.57 Å². The fourth-order valence-corrected chi connectivity index (χ4v) is 5.22. The molecule has 0 radical (unpaired) electrons. The summed E-state index contributed by atoms with van der Waals surface area (Å²) in [6.07, 6.45) is 5.62. The first kappa shape index (κ1) is 18.1. The van der Waals surface area contributed by atoms with Gasteiger partial charge in [0, 0.05) is 28.7 Å². The minimum Gasteiger partial charge on any atom is -0.478 e. The molecule has 0 spiro atoms. The molecular weight excluding hydrogens is 358 g/mol. The van der Waals surface area contributed by atoms with E-state index < -0.39 is 5.97 Å². The number of carboxylic acids is 1. The Morgan fingerprint density at radius 3 is 1.86 bits per heavy atom. The molecule has 0 aliphatic heterocycles. The number of nitrogens with zero attached hydrogens (tertiary/aromatic N) is 1. The monoisotopic (exact) mass is 384 g/mol. The Bertz CT molecular complexity index is 1050. The van der Waals surface area contributed by atoms with Crippen molar-refractivity contribution in [1.29, 1.82) is 0 Å². The Balaban J connectivity index is 1.92. The van der Waals surface area contributed by atoms with Gasteiger partial charge in [-0.25, -0.2) is 4.79 Å². The molecule has 0 amide bonds. The standard InChI is InChI=1S/C26H25NO2/c1-2-3-16-27-24-19-10-6-4-8-17(19)12-14-21(24)23(26(28)29)22-15-13-18-9-5-7-11-20(18)25(22)27/h4-11H,2-3,12-16H2,1H3/p+1. The average molecular weight is 384 g/mol. The zero-order chi connectivity index (χ0) is 20.0. The van der Waals surface area contributed by atoms with Gasteiger partial charge in [0.05, 0.1) is 5.56 Å². The Hall–Kier alpha value is -2.94. The second-order valence-electron chi connectivity index (χ2n) is 8.15. The van der Waals surface area contributed by atoms with Crippen LogP contribution in [0.4, 0.5) is 0 Å². The lowest BCUT2D eigenvalue weighted by Gasteiger charge is -2.27. The Labute approximate surface area is 171 Å². The third kappa shape index (κ3) is 2.79. The Morgan fingerprint density at radius 2 is 1.38 bits per heavy atom. The van der Waals surface area contributed by atoms with Gasteiger partial charge in [0.25, 0.3) is 0 Å². The van der Waals surface area contributed by atoms with E-state index in [1.54, 1.807) is 0 Å². The van der Waals surface area contributed by atoms with E-state index in [-0.39, 0.29) is 0 Å². The number of rotatable bonds is 4. The molecule has 0 unspecified atom stereocenters. The molecule has 146 valence electrons. The lowest BCUT2D eigenvalue weighted by molar-refractivity contribution is -0.676. The maximum atomic E-state index is 12.5. The second-order valence-corrected chi connectivity index (χ2v) is 8.15. The quantitative estimate of drug-likeness (QED) is 0.643. The molecule has 1 N–H and O–H groups in total. The number of carboxylic acid groups (broad SMARTS) is 1. The normalized spacial score (nSPS) is 13.8. The molecule has 1 aromatic heterocycles. The van der Waals surface area contributed by atoms with Gasteiger partial charge in [-0.2, -0.15) is 4.57 Å². The zero-order valence-electron chi connectivity index (χ0n) is 16.9. The molecule has 0 saturated heterocycles. The molecule has 2 aliphatic rings. The molecule has 3 nitrogen and oxygen atoms in total. The second kappa shape index (κ2) is 7.14. The molecule has 0 bridgehead atoms. The number of carbonyl (C=O) groups is 1. The molecule has 0 saturated carbocycles. The highest BCUT2D eigenvalue weighted by atomic mass is 16.4. The van der Waals surface area contributed by atoms with Crippen molar-refractivity contribution in [3.05, 3.63) is 76.3 Å². The number of fused-ring (bicyclic) bond motifs is 6. The maximum absolute atomic E-state index is 12.5. The van der Waals surface area contributed by atoms with Crippen molar-refractivity contribution in [3.8, 4) is 22.5 Å². The van der Waals surface area contributed by atoms with Crippen LogP contribution >= 0.6 is 0 Å². The van der Waals surface area contributed by atoms with E-state index >= 15 is 0 Å². The highest BCUT2D eigenvalue weighted by molar-refractivity contribution is 5.96. The minimum atomic E-state index is -0.779. The molecule has 29 heavy (non-hydrogen) atoms. The Morgan fingerprint density at radius 1 is 0.862 bits per heavy atom. The molecule has 0 fully saturated rings. The summed E-state index contributed by atoms with van der Waals surface area (Å²) < 4.78 is 2.45. The fourth-order valence-electron chi connectivity index (χ4n) is 5.22. The van der Waals surface area contributed by atoms with E-state index in [2.05, 4.69) is 60.0 Å². The summed E-state index contributed by atoms with van der Waals surface area (Å²) >= 11 is 0. The lowest BCUT2D eigenvalue weighted by atomic mass is 9.79. The summed E-state index contributed by atoms with van der Waals surface area (Å²) in [4.78, 5) is 12.5. The summed E-state index contributed by atoms with van der Waals surface area (Å²) in [5, 5.41) is 10.3. The predicted molar refractivity (Wildman–Crippen MR) is 114 cm³/mol. The number of unbranched alkanes of at least 4 members (excludes halogenated alkanes) is 1. The number of benzene rings is 2. The number of hydrogen-bond donors (Lipinski definition) is 1. The van der Waals surface area contributed by atoms with E-state index in [0.717, 1.165) is 67.6 Å². The van der Waals surface area contributed by atoms with Gasteiger partial charge in [-0.05, 0) is 48.9 Å². The summed E-state index contributed by atoms with van der Waals surface area (Å²) in [7, 11) is 0. The van der Waals surface area contributed by atoms with Gasteiger partial charge in [-0.15, -0.1) is 0 Å². The largest absolute Gasteiger partial charge is 0.478 e. The van der Waals surface area contributed by atoms with E-state index in [1.165, 1.54) is 22.3 Å². The summed E-state index contributed by atoms with van der Waals surface area (Å²) in [5.41, 5.74) is 9.96. The summed E-state index contributed by atoms with van der Waals surface area (Å²) in [5.74, 6) is -0.779. The van der Waals surface area contributed by atoms with Crippen LogP contribution in [0.5, 0.6) is 0 Å². The molecule has 0 atom stereocenters. The smallest absolute Gasteiger partial charge is 0.336 e. The molecule has 2 aromatic carbocycles. The van der Waals surface area contributed by atoms with Crippen molar-refractivity contribution in [3.63, 3.8) is 0 Å². The van der Waals surface area contributed by atoms with Crippen molar-refractivity contribution < 1.29 is 14.5 Å². The number of aromatic nitrogens is 1. The van der Waals surface area contributed by atoms with Crippen LogP contribution in [0.25, 0.3) is 22.5 Å². The van der Waals surface area contributed by atoms with Gasteiger partial charge >= 0.3 is 5.97 Å². The summed E-state index contributed by atoms with van der Waals surface area (Å²) in [6, 6.07) is 17.0. The zero-order valence-corrected chi connectivity index (χ0v) is 16.9. The van der Waals surface area contributed by atoms with Gasteiger partial charge in [0.15, 0.2) is 0 Å². The van der Waals surface area contributed by atoms with Gasteiger partial charge in [0.2, 0.25) is 11.4 Å². The number of aromatic carboxylic acids is 1. The van der Waals surface area contributed by atoms with Crippen LogP contribution in [0.15, 0.2) is 48.5 Å². The third-order valence-electron chi connectivity index (χ3n) is 6.50. The lowest BCUT2D eigenvalue weighted by Crippen LogP contribution is -2.44. The van der Waals surface area contributed by atoms with Crippen molar-refractivity contribution in [2.75, 3.05) is 0 Å². The van der Waals surface area contributed by atoms with Crippen LogP contribution in [0.2, 0.25) is 0 Å². The Kier molecular flexibility index (Phi) is 4.46. The van der Waals surface area contributed by atoms with Crippen molar-refractivity contribution in [2.24, 2.45) is 0 Å². The van der Waals surface area contributed by atoms with Crippen LogP contribution in [0, 0.1) is 0 Å². The number of aryl methyl sites for hydroxylation is 2. The van der Waals surface area contributed by atoms with Crippen molar-refractivity contribution in [1.82, 2.24) is 0 Å². The average Bonchev–Trinajstić information content (AvgIpc) is 2.75. The van der Waals surface area contributed by atoms with Crippen LogP contribution in [0.1, 0.15) is 52.4 Å². The van der Waals surface area contributed by atoms with Gasteiger partial charge in [-0.1, -0.05) is 49.7 Å². The first-order valence-electron chi connectivity index (χ1n) is 10.7. The van der Waals surface area contributed by atoms with Crippen molar-refractivity contribution in [2.45, 2.75) is 52.0 Å². The highest BCUT2D eigenvalue weighted by Gasteiger charge is 2.38. The van der Waals surface area contributed by atoms with Crippen LogP contribution in [-0.4, -0.2) is 11.1 Å². The number of hydrogen-bond acceptors (Lipinski definition) is 1. The van der Waals surface area contributed by atoms with E-state index in [4.69, 9.17) is 0 Å². The molecule has 1 heterocycles. The first-order chi connectivity index (χ1) is 14.2. The van der Waals surface area contributed by atoms with Gasteiger partial charge < -0.3 is 5.11 Å². The molecule has 5 rings (SSSR count). The predicted octanol–water partition coefficient (Wildman–Crippen LogP) is 5.00. The first-order valence-corrected chi connectivity index (χ1v) is 10.7.